The van der Waals surface area contributed by atoms with Gasteiger partial charge in [0.25, 0.3) is 0 Å². The largest absolute Gasteiger partial charge is 0.350 e. The molecule has 2 heterocycles. The molecule has 1 aromatic heterocycles. The van der Waals surface area contributed by atoms with Crippen molar-refractivity contribution in [2.24, 2.45) is 0 Å². The van der Waals surface area contributed by atoms with Crippen LogP contribution in [0.25, 0.3) is 0 Å². The lowest BCUT2D eigenvalue weighted by Gasteiger charge is -2.41. The van der Waals surface area contributed by atoms with Crippen LogP contribution in [0.5, 0.6) is 0 Å². The second-order valence-electron chi connectivity index (χ2n) is 6.28. The fourth-order valence-electron chi connectivity index (χ4n) is 3.21. The second-order valence-corrected chi connectivity index (χ2v) is 6.28. The summed E-state index contributed by atoms with van der Waals surface area (Å²) in [5.41, 5.74) is 1.03. The molecule has 1 fully saturated rings. The molecule has 0 radical (unpaired) electrons. The van der Waals surface area contributed by atoms with Crippen LogP contribution in [-0.2, 0) is 4.79 Å². The lowest BCUT2D eigenvalue weighted by molar-refractivity contribution is -0.133. The maximum absolute atomic E-state index is 13.3. The number of amides is 1. The second kappa shape index (κ2) is 6.99. The molecule has 0 saturated carbocycles. The van der Waals surface area contributed by atoms with E-state index in [9.17, 15) is 9.18 Å². The molecule has 2 unspecified atom stereocenters. The molecule has 2 atom stereocenters. The highest BCUT2D eigenvalue weighted by Crippen LogP contribution is 2.22. The van der Waals surface area contributed by atoms with E-state index in [1.54, 1.807) is 6.07 Å². The Kier molecular flexibility index (Phi) is 4.79. The minimum atomic E-state index is -0.476. The number of rotatable bonds is 3. The number of carbonyl (C=O) groups excluding carboxylic acids is 1. The Morgan fingerprint density at radius 1 is 1.17 bits per heavy atom. The summed E-state index contributed by atoms with van der Waals surface area (Å²) in [5, 5.41) is 0. The van der Waals surface area contributed by atoms with Crippen molar-refractivity contribution < 1.29 is 9.18 Å². The van der Waals surface area contributed by atoms with E-state index < -0.39 is 5.95 Å². The number of nitrogens with zero attached hydrogens (tertiary/aromatic N) is 3. The molecular formula is C19H22FN3O. The van der Waals surface area contributed by atoms with Gasteiger partial charge in [0.1, 0.15) is 5.82 Å². The summed E-state index contributed by atoms with van der Waals surface area (Å²) in [4.78, 5) is 20.7. The lowest BCUT2D eigenvalue weighted by atomic mass is 9.99. The quantitative estimate of drug-likeness (QED) is 0.813. The average molecular weight is 327 g/mol. The summed E-state index contributed by atoms with van der Waals surface area (Å²) >= 11 is 0. The molecule has 24 heavy (non-hydrogen) atoms. The van der Waals surface area contributed by atoms with Crippen LogP contribution < -0.4 is 4.90 Å². The highest BCUT2D eigenvalue weighted by molar-refractivity contribution is 5.83. The van der Waals surface area contributed by atoms with E-state index in [1.165, 1.54) is 6.07 Å². The standard InChI is InChI=1S/C19H22FN3O/c1-14-13-22(19(24)15(2)16-7-4-3-5-8-16)11-12-23(14)18-10-6-9-17(20)21-18/h3-10,14-15H,11-13H2,1-2H3. The van der Waals surface area contributed by atoms with Crippen molar-refractivity contribution in [1.29, 1.82) is 0 Å². The van der Waals surface area contributed by atoms with E-state index in [-0.39, 0.29) is 17.9 Å². The number of benzene rings is 1. The Labute approximate surface area is 141 Å². The first-order valence-electron chi connectivity index (χ1n) is 8.29. The maximum Gasteiger partial charge on any atom is 0.229 e. The Hall–Kier alpha value is -2.43. The van der Waals surface area contributed by atoms with Crippen LogP contribution in [0.15, 0.2) is 48.5 Å². The molecule has 0 aliphatic carbocycles. The molecule has 3 rings (SSSR count). The predicted octanol–water partition coefficient (Wildman–Crippen LogP) is 3.06. The van der Waals surface area contributed by atoms with Gasteiger partial charge in [-0.05, 0) is 31.5 Å². The van der Waals surface area contributed by atoms with Gasteiger partial charge in [-0.2, -0.15) is 4.39 Å². The summed E-state index contributed by atoms with van der Waals surface area (Å²) in [5.74, 6) is 0.138. The molecule has 1 amide bonds. The molecule has 1 aromatic carbocycles. The van der Waals surface area contributed by atoms with E-state index >= 15 is 0 Å². The molecule has 5 heteroatoms. The minimum absolute atomic E-state index is 0.0972. The number of anilines is 1. The molecule has 1 aliphatic heterocycles. The van der Waals surface area contributed by atoms with Gasteiger partial charge in [-0.25, -0.2) is 4.98 Å². The van der Waals surface area contributed by atoms with Crippen LogP contribution in [0.3, 0.4) is 0 Å². The highest BCUT2D eigenvalue weighted by atomic mass is 19.1. The number of hydrogen-bond donors (Lipinski definition) is 0. The van der Waals surface area contributed by atoms with Crippen molar-refractivity contribution in [3.8, 4) is 0 Å². The van der Waals surface area contributed by atoms with Gasteiger partial charge in [-0.1, -0.05) is 36.4 Å². The van der Waals surface area contributed by atoms with Crippen LogP contribution in [-0.4, -0.2) is 41.5 Å². The molecular weight excluding hydrogens is 305 g/mol. The van der Waals surface area contributed by atoms with Crippen molar-refractivity contribution >= 4 is 11.7 Å². The first kappa shape index (κ1) is 16.4. The molecule has 2 aromatic rings. The Morgan fingerprint density at radius 3 is 2.58 bits per heavy atom. The average Bonchev–Trinajstić information content (AvgIpc) is 2.61. The van der Waals surface area contributed by atoms with E-state index in [1.807, 2.05) is 55.1 Å². The fraction of sp³-hybridized carbons (Fsp3) is 0.368. The third kappa shape index (κ3) is 3.40. The fourth-order valence-corrected chi connectivity index (χ4v) is 3.21. The normalized spacial score (nSPS) is 19.2. The van der Waals surface area contributed by atoms with Gasteiger partial charge in [0.05, 0.1) is 5.92 Å². The highest BCUT2D eigenvalue weighted by Gasteiger charge is 2.30. The van der Waals surface area contributed by atoms with Gasteiger partial charge < -0.3 is 9.80 Å². The summed E-state index contributed by atoms with van der Waals surface area (Å²) in [6.45, 7) is 5.89. The van der Waals surface area contributed by atoms with Crippen molar-refractivity contribution in [2.75, 3.05) is 24.5 Å². The van der Waals surface area contributed by atoms with Gasteiger partial charge in [0.2, 0.25) is 11.9 Å². The molecule has 0 spiro atoms. The zero-order valence-electron chi connectivity index (χ0n) is 14.0. The van der Waals surface area contributed by atoms with E-state index in [0.717, 1.165) is 5.56 Å². The third-order valence-electron chi connectivity index (χ3n) is 4.60. The first-order chi connectivity index (χ1) is 11.6. The van der Waals surface area contributed by atoms with Crippen LogP contribution in [0.4, 0.5) is 10.2 Å². The van der Waals surface area contributed by atoms with Gasteiger partial charge in [-0.3, -0.25) is 4.79 Å². The monoisotopic (exact) mass is 327 g/mol. The maximum atomic E-state index is 13.3. The molecule has 1 aliphatic rings. The smallest absolute Gasteiger partial charge is 0.229 e. The van der Waals surface area contributed by atoms with Gasteiger partial charge >= 0.3 is 0 Å². The SMILES string of the molecule is CC(C(=O)N1CCN(c2cccc(F)n2)C(C)C1)c1ccccc1. The lowest BCUT2D eigenvalue weighted by Crippen LogP contribution is -2.54. The number of piperazine rings is 1. The number of carbonyl (C=O) groups is 1. The van der Waals surface area contributed by atoms with Crippen molar-refractivity contribution in [2.45, 2.75) is 25.8 Å². The Morgan fingerprint density at radius 2 is 1.92 bits per heavy atom. The molecule has 4 nitrogen and oxygen atoms in total. The first-order valence-corrected chi connectivity index (χ1v) is 8.29. The number of hydrogen-bond acceptors (Lipinski definition) is 3. The zero-order valence-corrected chi connectivity index (χ0v) is 14.0. The molecule has 1 saturated heterocycles. The van der Waals surface area contributed by atoms with Gasteiger partial charge in [0.15, 0.2) is 0 Å². The van der Waals surface area contributed by atoms with Crippen LogP contribution in [0.1, 0.15) is 25.3 Å². The summed E-state index contributed by atoms with van der Waals surface area (Å²) < 4.78 is 13.3. The number of halogens is 1. The summed E-state index contributed by atoms with van der Waals surface area (Å²) in [7, 11) is 0. The van der Waals surface area contributed by atoms with Crippen molar-refractivity contribution in [1.82, 2.24) is 9.88 Å². The van der Waals surface area contributed by atoms with Crippen LogP contribution >= 0.6 is 0 Å². The molecule has 0 bridgehead atoms. The summed E-state index contributed by atoms with van der Waals surface area (Å²) in [6, 6.07) is 14.7. The molecule has 0 N–H and O–H groups in total. The number of pyridine rings is 1. The Balaban J connectivity index is 1.68. The summed E-state index contributed by atoms with van der Waals surface area (Å²) in [6.07, 6.45) is 0. The predicted molar refractivity (Wildman–Crippen MR) is 92.4 cm³/mol. The topological polar surface area (TPSA) is 36.4 Å². The zero-order chi connectivity index (χ0) is 17.1. The van der Waals surface area contributed by atoms with E-state index in [2.05, 4.69) is 9.88 Å². The van der Waals surface area contributed by atoms with Crippen LogP contribution in [0, 0.1) is 5.95 Å². The van der Waals surface area contributed by atoms with Crippen molar-refractivity contribution in [3.05, 3.63) is 60.0 Å². The van der Waals surface area contributed by atoms with Gasteiger partial charge in [0, 0.05) is 25.7 Å². The van der Waals surface area contributed by atoms with Gasteiger partial charge in [-0.15, -0.1) is 0 Å². The van der Waals surface area contributed by atoms with Crippen molar-refractivity contribution in [3.63, 3.8) is 0 Å². The van der Waals surface area contributed by atoms with E-state index in [0.29, 0.717) is 25.5 Å². The van der Waals surface area contributed by atoms with E-state index in [4.69, 9.17) is 0 Å². The minimum Gasteiger partial charge on any atom is -0.350 e. The number of aromatic nitrogens is 1. The Bertz CT molecular complexity index is 707. The third-order valence-corrected chi connectivity index (χ3v) is 4.60. The molecule has 126 valence electrons. The van der Waals surface area contributed by atoms with Crippen LogP contribution in [0.2, 0.25) is 0 Å².